The van der Waals surface area contributed by atoms with Crippen molar-refractivity contribution in [2.24, 2.45) is 11.3 Å². The number of allylic oxidation sites excluding steroid dienone is 4. The molecule has 2 heteroatoms. The lowest BCUT2D eigenvalue weighted by Gasteiger charge is -2.28. The molecule has 0 aromatic heterocycles. The Morgan fingerprint density at radius 1 is 1.50 bits per heavy atom. The topological polar surface area (TPSA) is 29.1 Å². The van der Waals surface area contributed by atoms with E-state index in [-0.39, 0.29) is 11.3 Å². The van der Waals surface area contributed by atoms with E-state index in [4.69, 9.17) is 0 Å². The van der Waals surface area contributed by atoms with Gasteiger partial charge < -0.3 is 5.32 Å². The normalized spacial score (nSPS) is 25.9. The van der Waals surface area contributed by atoms with Crippen LogP contribution >= 0.6 is 0 Å². The average Bonchev–Trinajstić information content (AvgIpc) is 2.50. The molecular formula is C14H21NO. The van der Waals surface area contributed by atoms with E-state index in [0.29, 0.717) is 11.5 Å². The maximum absolute atomic E-state index is 11.5. The van der Waals surface area contributed by atoms with Crippen LogP contribution in [0.2, 0.25) is 0 Å². The van der Waals surface area contributed by atoms with Crippen LogP contribution in [0.25, 0.3) is 0 Å². The standard InChI is InChI=1S/C14H21NO/c1-5-11(2)14(3)9-6-7-12(8-10-14)13(16)15-4/h6-11H,5H2,1-4H3,(H,15,16). The van der Waals surface area contributed by atoms with Gasteiger partial charge in [-0.1, -0.05) is 51.5 Å². The van der Waals surface area contributed by atoms with E-state index >= 15 is 0 Å². The summed E-state index contributed by atoms with van der Waals surface area (Å²) in [5.74, 6) is 0.534. The van der Waals surface area contributed by atoms with Crippen molar-refractivity contribution in [3.05, 3.63) is 36.0 Å². The predicted octanol–water partition coefficient (Wildman–Crippen LogP) is 2.84. The Morgan fingerprint density at radius 3 is 2.75 bits per heavy atom. The summed E-state index contributed by atoms with van der Waals surface area (Å²) < 4.78 is 0. The summed E-state index contributed by atoms with van der Waals surface area (Å²) in [6, 6.07) is 0. The lowest BCUT2D eigenvalue weighted by Crippen LogP contribution is -2.20. The zero-order valence-electron chi connectivity index (χ0n) is 10.6. The smallest absolute Gasteiger partial charge is 0.251 e. The van der Waals surface area contributed by atoms with Gasteiger partial charge in [-0.15, -0.1) is 0 Å². The Hall–Kier alpha value is -1.31. The summed E-state index contributed by atoms with van der Waals surface area (Å²) in [6.45, 7) is 6.63. The molecule has 0 fully saturated rings. The van der Waals surface area contributed by atoms with E-state index in [2.05, 4.69) is 38.2 Å². The molecule has 88 valence electrons. The third-order valence-corrected chi connectivity index (χ3v) is 3.52. The van der Waals surface area contributed by atoms with E-state index in [9.17, 15) is 4.79 Å². The molecule has 0 saturated carbocycles. The molecule has 1 amide bonds. The molecule has 0 radical (unpaired) electrons. The number of hydrogen-bond donors (Lipinski definition) is 1. The SMILES string of the molecule is CCC(C)C1(C)C=CC=C(C(=O)NC)C=C1. The van der Waals surface area contributed by atoms with Crippen molar-refractivity contribution < 1.29 is 4.79 Å². The summed E-state index contributed by atoms with van der Waals surface area (Å²) in [5, 5.41) is 2.64. The van der Waals surface area contributed by atoms with Crippen molar-refractivity contribution in [1.29, 1.82) is 0 Å². The molecule has 2 atom stereocenters. The van der Waals surface area contributed by atoms with Crippen LogP contribution in [0.5, 0.6) is 0 Å². The first kappa shape index (κ1) is 12.8. The maximum Gasteiger partial charge on any atom is 0.251 e. The van der Waals surface area contributed by atoms with Crippen LogP contribution < -0.4 is 5.32 Å². The van der Waals surface area contributed by atoms with Crippen LogP contribution in [0, 0.1) is 11.3 Å². The van der Waals surface area contributed by atoms with E-state index in [0.717, 1.165) is 6.42 Å². The minimum atomic E-state index is -0.0331. The van der Waals surface area contributed by atoms with Gasteiger partial charge in [-0.2, -0.15) is 0 Å². The molecular weight excluding hydrogens is 198 g/mol. The molecule has 0 aromatic rings. The molecule has 0 bridgehead atoms. The van der Waals surface area contributed by atoms with Crippen molar-refractivity contribution >= 4 is 5.91 Å². The molecule has 1 aliphatic rings. The van der Waals surface area contributed by atoms with Gasteiger partial charge in [-0.25, -0.2) is 0 Å². The largest absolute Gasteiger partial charge is 0.355 e. The van der Waals surface area contributed by atoms with Gasteiger partial charge >= 0.3 is 0 Å². The molecule has 2 unspecified atom stereocenters. The summed E-state index contributed by atoms with van der Waals surface area (Å²) in [6.07, 6.45) is 11.2. The summed E-state index contributed by atoms with van der Waals surface area (Å²) in [4.78, 5) is 11.5. The second-order valence-electron chi connectivity index (χ2n) is 4.57. The highest BCUT2D eigenvalue weighted by Gasteiger charge is 2.25. The molecule has 1 aliphatic carbocycles. The van der Waals surface area contributed by atoms with Crippen molar-refractivity contribution in [1.82, 2.24) is 5.32 Å². The van der Waals surface area contributed by atoms with Crippen molar-refractivity contribution in [3.8, 4) is 0 Å². The van der Waals surface area contributed by atoms with Gasteiger partial charge in [0.05, 0.1) is 0 Å². The van der Waals surface area contributed by atoms with Gasteiger partial charge in [0.25, 0.3) is 5.91 Å². The van der Waals surface area contributed by atoms with Crippen molar-refractivity contribution in [3.63, 3.8) is 0 Å². The van der Waals surface area contributed by atoms with Crippen molar-refractivity contribution in [2.75, 3.05) is 7.05 Å². The zero-order chi connectivity index (χ0) is 12.2. The average molecular weight is 219 g/mol. The number of rotatable bonds is 3. The molecule has 0 aliphatic heterocycles. The quantitative estimate of drug-likeness (QED) is 0.777. The number of nitrogens with one attached hydrogen (secondary N) is 1. The first-order valence-corrected chi connectivity index (χ1v) is 5.84. The summed E-state index contributed by atoms with van der Waals surface area (Å²) in [5.41, 5.74) is 0.756. The molecule has 0 saturated heterocycles. The minimum absolute atomic E-state index is 0.0331. The highest BCUT2D eigenvalue weighted by Crippen LogP contribution is 2.34. The predicted molar refractivity (Wildman–Crippen MR) is 68.0 cm³/mol. The highest BCUT2D eigenvalue weighted by atomic mass is 16.1. The van der Waals surface area contributed by atoms with Crippen molar-refractivity contribution in [2.45, 2.75) is 27.2 Å². The zero-order valence-corrected chi connectivity index (χ0v) is 10.6. The van der Waals surface area contributed by atoms with Crippen LogP contribution in [-0.4, -0.2) is 13.0 Å². The second kappa shape index (κ2) is 5.15. The van der Waals surface area contributed by atoms with Crippen LogP contribution in [-0.2, 0) is 4.79 Å². The Balaban J connectivity index is 2.93. The number of amides is 1. The van der Waals surface area contributed by atoms with Crippen LogP contribution in [0.3, 0.4) is 0 Å². The maximum atomic E-state index is 11.5. The number of carbonyl (C=O) groups is 1. The minimum Gasteiger partial charge on any atom is -0.355 e. The Bertz CT molecular complexity index is 352. The summed E-state index contributed by atoms with van der Waals surface area (Å²) in [7, 11) is 1.65. The first-order chi connectivity index (χ1) is 7.53. The molecule has 16 heavy (non-hydrogen) atoms. The Labute approximate surface area is 98.1 Å². The highest BCUT2D eigenvalue weighted by molar-refractivity contribution is 5.96. The van der Waals surface area contributed by atoms with Gasteiger partial charge in [-0.3, -0.25) is 4.79 Å². The molecule has 0 aromatic carbocycles. The third kappa shape index (κ3) is 2.63. The summed E-state index contributed by atoms with van der Waals surface area (Å²) >= 11 is 0. The van der Waals surface area contributed by atoms with E-state index in [1.165, 1.54) is 0 Å². The van der Waals surface area contributed by atoms with Gasteiger partial charge in [0, 0.05) is 18.0 Å². The molecule has 0 spiro atoms. The van der Waals surface area contributed by atoms with E-state index in [1.807, 2.05) is 18.2 Å². The fourth-order valence-corrected chi connectivity index (χ4v) is 1.80. The lowest BCUT2D eigenvalue weighted by molar-refractivity contribution is -0.116. The van der Waals surface area contributed by atoms with E-state index < -0.39 is 0 Å². The van der Waals surface area contributed by atoms with Crippen LogP contribution in [0.4, 0.5) is 0 Å². The fraction of sp³-hybridized carbons (Fsp3) is 0.500. The van der Waals surface area contributed by atoms with Gasteiger partial charge in [0.15, 0.2) is 0 Å². The number of carbonyl (C=O) groups excluding carboxylic acids is 1. The third-order valence-electron chi connectivity index (χ3n) is 3.52. The van der Waals surface area contributed by atoms with Crippen LogP contribution in [0.15, 0.2) is 36.0 Å². The molecule has 2 nitrogen and oxygen atoms in total. The molecule has 1 N–H and O–H groups in total. The lowest BCUT2D eigenvalue weighted by atomic mass is 9.76. The van der Waals surface area contributed by atoms with Crippen LogP contribution in [0.1, 0.15) is 27.2 Å². The number of likely N-dealkylation sites (N-methyl/N-ethyl adjacent to an activating group) is 1. The molecule has 0 heterocycles. The second-order valence-corrected chi connectivity index (χ2v) is 4.57. The Kier molecular flexibility index (Phi) is 4.11. The van der Waals surface area contributed by atoms with Gasteiger partial charge in [-0.05, 0) is 12.0 Å². The fourth-order valence-electron chi connectivity index (χ4n) is 1.80. The first-order valence-electron chi connectivity index (χ1n) is 5.84. The van der Waals surface area contributed by atoms with Gasteiger partial charge in [0.1, 0.15) is 0 Å². The number of hydrogen-bond acceptors (Lipinski definition) is 1. The Morgan fingerprint density at radius 2 is 2.19 bits per heavy atom. The van der Waals surface area contributed by atoms with E-state index in [1.54, 1.807) is 7.05 Å². The molecule has 1 rings (SSSR count). The monoisotopic (exact) mass is 219 g/mol. The van der Waals surface area contributed by atoms with Gasteiger partial charge in [0.2, 0.25) is 0 Å².